The number of para-hydroxylation sites is 1. The van der Waals surface area contributed by atoms with Crippen LogP contribution in [-0.2, 0) is 16.2 Å². The fraction of sp³-hybridized carbons (Fsp3) is 0.115. The summed E-state index contributed by atoms with van der Waals surface area (Å²) in [6, 6.07) is 18.3. The fourth-order valence-electron chi connectivity index (χ4n) is 3.45. The molecule has 178 valence electrons. The summed E-state index contributed by atoms with van der Waals surface area (Å²) in [5.74, 6) is -0.585. The van der Waals surface area contributed by atoms with E-state index in [-0.39, 0.29) is 12.2 Å². The van der Waals surface area contributed by atoms with Crippen LogP contribution in [0.4, 0.5) is 10.5 Å². The van der Waals surface area contributed by atoms with Crippen molar-refractivity contribution < 1.29 is 23.9 Å². The second-order valence-electron chi connectivity index (χ2n) is 7.47. The summed E-state index contributed by atoms with van der Waals surface area (Å²) in [4.78, 5) is 38.9. The maximum absolute atomic E-state index is 13.1. The number of urea groups is 1. The van der Waals surface area contributed by atoms with Crippen LogP contribution in [0.5, 0.6) is 11.5 Å². The number of hydrogen-bond donors (Lipinski definition) is 1. The SMILES string of the molecule is CCOc1cc(/C=C2/C(=O)NC(=O)N(c3ccccc3)C2=O)cc(Br)c1OCc1ccc(Cl)cc1. The Labute approximate surface area is 215 Å². The summed E-state index contributed by atoms with van der Waals surface area (Å²) in [7, 11) is 0. The van der Waals surface area contributed by atoms with Crippen LogP contribution in [0.25, 0.3) is 6.08 Å². The average Bonchev–Trinajstić information content (AvgIpc) is 2.83. The first-order valence-electron chi connectivity index (χ1n) is 10.7. The van der Waals surface area contributed by atoms with Crippen molar-refractivity contribution in [1.82, 2.24) is 5.32 Å². The molecule has 7 nitrogen and oxygen atoms in total. The Bertz CT molecular complexity index is 1310. The lowest BCUT2D eigenvalue weighted by Gasteiger charge is -2.26. The summed E-state index contributed by atoms with van der Waals surface area (Å²) in [6.45, 7) is 2.49. The van der Waals surface area contributed by atoms with Crippen LogP contribution in [0.1, 0.15) is 18.1 Å². The second kappa shape index (κ2) is 10.8. The summed E-state index contributed by atoms with van der Waals surface area (Å²) in [5.41, 5.74) is 1.61. The molecule has 0 saturated carbocycles. The van der Waals surface area contributed by atoms with Crippen molar-refractivity contribution in [2.24, 2.45) is 0 Å². The van der Waals surface area contributed by atoms with Gasteiger partial charge in [0.2, 0.25) is 0 Å². The van der Waals surface area contributed by atoms with Gasteiger partial charge in [-0.2, -0.15) is 0 Å². The molecule has 3 aromatic rings. The van der Waals surface area contributed by atoms with E-state index in [0.717, 1.165) is 10.5 Å². The molecule has 1 fully saturated rings. The average molecular weight is 556 g/mol. The van der Waals surface area contributed by atoms with Crippen LogP contribution in [-0.4, -0.2) is 24.5 Å². The number of carbonyl (C=O) groups is 3. The number of nitrogens with one attached hydrogen (secondary N) is 1. The van der Waals surface area contributed by atoms with Gasteiger partial charge in [0.1, 0.15) is 12.2 Å². The molecule has 0 aliphatic carbocycles. The Morgan fingerprint density at radius 1 is 1.00 bits per heavy atom. The van der Waals surface area contributed by atoms with E-state index in [0.29, 0.717) is 38.9 Å². The van der Waals surface area contributed by atoms with Gasteiger partial charge in [-0.3, -0.25) is 14.9 Å². The molecule has 9 heteroatoms. The summed E-state index contributed by atoms with van der Waals surface area (Å²) in [5, 5.41) is 2.85. The van der Waals surface area contributed by atoms with E-state index in [1.807, 2.05) is 19.1 Å². The van der Waals surface area contributed by atoms with E-state index >= 15 is 0 Å². The first-order valence-corrected chi connectivity index (χ1v) is 11.8. The van der Waals surface area contributed by atoms with Crippen LogP contribution < -0.4 is 19.7 Å². The minimum Gasteiger partial charge on any atom is -0.490 e. The molecular weight excluding hydrogens is 536 g/mol. The molecule has 1 saturated heterocycles. The first-order chi connectivity index (χ1) is 16.9. The van der Waals surface area contributed by atoms with Gasteiger partial charge in [-0.1, -0.05) is 41.9 Å². The van der Waals surface area contributed by atoms with Gasteiger partial charge in [0.25, 0.3) is 11.8 Å². The third-order valence-electron chi connectivity index (χ3n) is 5.06. The molecule has 3 aromatic carbocycles. The van der Waals surface area contributed by atoms with E-state index < -0.39 is 17.8 Å². The molecule has 4 amide bonds. The molecule has 35 heavy (non-hydrogen) atoms. The number of carbonyl (C=O) groups excluding carboxylic acids is 3. The Hall–Kier alpha value is -3.62. The number of halogens is 2. The monoisotopic (exact) mass is 554 g/mol. The molecule has 0 aromatic heterocycles. The normalized spacial score (nSPS) is 14.8. The highest BCUT2D eigenvalue weighted by atomic mass is 79.9. The highest BCUT2D eigenvalue weighted by Gasteiger charge is 2.36. The van der Waals surface area contributed by atoms with Crippen molar-refractivity contribution in [3.63, 3.8) is 0 Å². The molecule has 4 rings (SSSR count). The standard InChI is InChI=1S/C26H20BrClN2O5/c1-2-34-22-14-17(13-21(27)23(22)35-15-16-8-10-18(28)11-9-16)12-20-24(31)29-26(33)30(25(20)32)19-6-4-3-5-7-19/h3-14H,2,15H2,1H3,(H,29,31,33)/b20-12-. The highest BCUT2D eigenvalue weighted by Crippen LogP contribution is 2.38. The van der Waals surface area contributed by atoms with Crippen molar-refractivity contribution in [3.8, 4) is 11.5 Å². The third-order valence-corrected chi connectivity index (χ3v) is 5.90. The van der Waals surface area contributed by atoms with Gasteiger partial charge in [0.05, 0.1) is 16.8 Å². The van der Waals surface area contributed by atoms with Gasteiger partial charge in [0, 0.05) is 5.02 Å². The Morgan fingerprint density at radius 2 is 1.71 bits per heavy atom. The van der Waals surface area contributed by atoms with Gasteiger partial charge in [-0.25, -0.2) is 9.69 Å². The molecule has 1 aliphatic heterocycles. The van der Waals surface area contributed by atoms with Crippen LogP contribution in [0.15, 0.2) is 76.8 Å². The van der Waals surface area contributed by atoms with Gasteiger partial charge in [0.15, 0.2) is 11.5 Å². The molecule has 1 aliphatic rings. The molecule has 0 unspecified atom stereocenters. The minimum absolute atomic E-state index is 0.183. The van der Waals surface area contributed by atoms with Gasteiger partial charge in [-0.15, -0.1) is 0 Å². The number of imide groups is 2. The largest absolute Gasteiger partial charge is 0.490 e. The van der Waals surface area contributed by atoms with E-state index in [1.165, 1.54) is 6.08 Å². The molecular formula is C26H20BrClN2O5. The predicted octanol–water partition coefficient (Wildman–Crippen LogP) is 5.75. The van der Waals surface area contributed by atoms with Gasteiger partial charge >= 0.3 is 6.03 Å². The summed E-state index contributed by atoms with van der Waals surface area (Å²) in [6.07, 6.45) is 1.41. The Kier molecular flexibility index (Phi) is 7.53. The maximum atomic E-state index is 13.1. The smallest absolute Gasteiger partial charge is 0.335 e. The minimum atomic E-state index is -0.800. The lowest BCUT2D eigenvalue weighted by molar-refractivity contribution is -0.122. The zero-order chi connectivity index (χ0) is 24.9. The number of nitrogens with zero attached hydrogens (tertiary/aromatic N) is 1. The van der Waals surface area contributed by atoms with Crippen molar-refractivity contribution in [1.29, 1.82) is 0 Å². The lowest BCUT2D eigenvalue weighted by atomic mass is 10.1. The van der Waals surface area contributed by atoms with E-state index in [9.17, 15) is 14.4 Å². The highest BCUT2D eigenvalue weighted by molar-refractivity contribution is 9.10. The van der Waals surface area contributed by atoms with Crippen LogP contribution in [0.3, 0.4) is 0 Å². The van der Waals surface area contributed by atoms with E-state index in [2.05, 4.69) is 21.2 Å². The van der Waals surface area contributed by atoms with Crippen molar-refractivity contribution in [2.75, 3.05) is 11.5 Å². The first kappa shape index (κ1) is 24.5. The molecule has 0 atom stereocenters. The predicted molar refractivity (Wildman–Crippen MR) is 137 cm³/mol. The van der Waals surface area contributed by atoms with E-state index in [1.54, 1.807) is 54.6 Å². The number of barbiturate groups is 1. The Morgan fingerprint density at radius 3 is 2.40 bits per heavy atom. The van der Waals surface area contributed by atoms with Crippen molar-refractivity contribution in [3.05, 3.63) is 92.9 Å². The summed E-state index contributed by atoms with van der Waals surface area (Å²) >= 11 is 9.44. The van der Waals surface area contributed by atoms with Crippen molar-refractivity contribution >= 4 is 57.1 Å². The van der Waals surface area contributed by atoms with E-state index in [4.69, 9.17) is 21.1 Å². The topological polar surface area (TPSA) is 84.9 Å². The number of benzene rings is 3. The number of ether oxygens (including phenoxy) is 2. The van der Waals surface area contributed by atoms with Crippen LogP contribution >= 0.6 is 27.5 Å². The molecule has 0 bridgehead atoms. The van der Waals surface area contributed by atoms with Gasteiger partial charge < -0.3 is 9.47 Å². The number of rotatable bonds is 7. The molecule has 1 N–H and O–H groups in total. The van der Waals surface area contributed by atoms with Gasteiger partial charge in [-0.05, 0) is 76.5 Å². The molecule has 0 radical (unpaired) electrons. The fourth-order valence-corrected chi connectivity index (χ4v) is 4.15. The number of hydrogen-bond acceptors (Lipinski definition) is 5. The molecule has 0 spiro atoms. The maximum Gasteiger partial charge on any atom is 0.335 e. The zero-order valence-electron chi connectivity index (χ0n) is 18.6. The second-order valence-corrected chi connectivity index (χ2v) is 8.76. The zero-order valence-corrected chi connectivity index (χ0v) is 20.9. The van der Waals surface area contributed by atoms with Crippen molar-refractivity contribution in [2.45, 2.75) is 13.5 Å². The lowest BCUT2D eigenvalue weighted by Crippen LogP contribution is -2.54. The molecule has 1 heterocycles. The number of anilines is 1. The third kappa shape index (κ3) is 5.55. The summed E-state index contributed by atoms with van der Waals surface area (Å²) < 4.78 is 12.3. The quantitative estimate of drug-likeness (QED) is 0.297. The van der Waals surface area contributed by atoms with Crippen LogP contribution in [0.2, 0.25) is 5.02 Å². The van der Waals surface area contributed by atoms with Crippen LogP contribution in [0, 0.1) is 0 Å². The number of amides is 4. The Balaban J connectivity index is 1.65.